The van der Waals surface area contributed by atoms with E-state index in [2.05, 4.69) is 36.3 Å². The molecule has 1 aromatic rings. The highest BCUT2D eigenvalue weighted by atomic mass is 32.1. The maximum absolute atomic E-state index is 4.08. The first-order valence-electron chi connectivity index (χ1n) is 4.28. The average molecular weight is 185 g/mol. The van der Waals surface area contributed by atoms with Gasteiger partial charge in [0.05, 0.1) is 0 Å². The molecule has 0 radical (unpaired) electrons. The zero-order valence-corrected chi connectivity index (χ0v) is 8.61. The Bertz CT molecular complexity index is 232. The summed E-state index contributed by atoms with van der Waals surface area (Å²) < 4.78 is 0. The summed E-state index contributed by atoms with van der Waals surface area (Å²) in [7, 11) is 0. The molecule has 1 heterocycles. The normalized spacial score (nSPS) is 10.7. The smallest absolute Gasteiger partial charge is 0.205 e. The molecule has 1 aromatic heterocycles. The van der Waals surface area contributed by atoms with Crippen LogP contribution in [0.15, 0.2) is 0 Å². The molecule has 3 nitrogen and oxygen atoms in total. The first-order valence-corrected chi connectivity index (χ1v) is 5.10. The third-order valence-corrected chi connectivity index (χ3v) is 2.28. The van der Waals surface area contributed by atoms with Crippen molar-refractivity contribution in [3.05, 3.63) is 5.01 Å². The monoisotopic (exact) mass is 185 g/mol. The molecule has 0 unspecified atom stereocenters. The fourth-order valence-electron chi connectivity index (χ4n) is 0.908. The summed E-state index contributed by atoms with van der Waals surface area (Å²) in [5, 5.41) is 13.3. The standard InChI is InChI=1S/C8H15N3S/c1-4-9-8-11-10-7(12-8)5-6(2)3/h6H,4-5H2,1-3H3,(H,9,11). The Kier molecular flexibility index (Phi) is 3.47. The second-order valence-corrected chi connectivity index (χ2v) is 4.19. The summed E-state index contributed by atoms with van der Waals surface area (Å²) >= 11 is 1.65. The maximum atomic E-state index is 4.08. The molecule has 4 heteroatoms. The lowest BCUT2D eigenvalue weighted by atomic mass is 10.1. The highest BCUT2D eigenvalue weighted by molar-refractivity contribution is 7.15. The SMILES string of the molecule is CCNc1nnc(CC(C)C)s1. The van der Waals surface area contributed by atoms with Gasteiger partial charge in [0.2, 0.25) is 5.13 Å². The number of nitrogens with one attached hydrogen (secondary N) is 1. The Labute approximate surface area is 77.2 Å². The van der Waals surface area contributed by atoms with Crippen LogP contribution in [0, 0.1) is 5.92 Å². The van der Waals surface area contributed by atoms with Gasteiger partial charge in [-0.3, -0.25) is 0 Å². The van der Waals surface area contributed by atoms with E-state index in [9.17, 15) is 0 Å². The van der Waals surface area contributed by atoms with Crippen molar-refractivity contribution in [2.24, 2.45) is 5.92 Å². The van der Waals surface area contributed by atoms with Crippen LogP contribution in [0.1, 0.15) is 25.8 Å². The van der Waals surface area contributed by atoms with Gasteiger partial charge in [0, 0.05) is 13.0 Å². The van der Waals surface area contributed by atoms with Crippen LogP contribution in [0.4, 0.5) is 5.13 Å². The molecule has 0 aliphatic carbocycles. The Balaban J connectivity index is 2.52. The summed E-state index contributed by atoms with van der Waals surface area (Å²) in [5.74, 6) is 0.660. The molecule has 0 aliphatic heterocycles. The van der Waals surface area contributed by atoms with E-state index < -0.39 is 0 Å². The van der Waals surface area contributed by atoms with E-state index in [-0.39, 0.29) is 0 Å². The molecular formula is C8H15N3S. The molecule has 0 aromatic carbocycles. The predicted octanol–water partition coefficient (Wildman–Crippen LogP) is 2.17. The number of anilines is 1. The van der Waals surface area contributed by atoms with Crippen LogP contribution in [0.25, 0.3) is 0 Å². The topological polar surface area (TPSA) is 37.8 Å². The third kappa shape index (κ3) is 2.77. The molecule has 12 heavy (non-hydrogen) atoms. The van der Waals surface area contributed by atoms with Gasteiger partial charge in [0.15, 0.2) is 0 Å². The zero-order chi connectivity index (χ0) is 8.97. The lowest BCUT2D eigenvalue weighted by Gasteiger charge is -1.97. The molecule has 0 aliphatic rings. The third-order valence-electron chi connectivity index (χ3n) is 1.38. The highest BCUT2D eigenvalue weighted by Gasteiger charge is 2.04. The molecule has 0 saturated heterocycles. The molecule has 1 N–H and O–H groups in total. The molecule has 0 spiro atoms. The van der Waals surface area contributed by atoms with Crippen LogP contribution < -0.4 is 5.32 Å². The van der Waals surface area contributed by atoms with Crippen LogP contribution in [0.5, 0.6) is 0 Å². The Morgan fingerprint density at radius 3 is 2.75 bits per heavy atom. The largest absolute Gasteiger partial charge is 0.360 e. The van der Waals surface area contributed by atoms with E-state index in [1.807, 2.05) is 0 Å². The summed E-state index contributed by atoms with van der Waals surface area (Å²) in [4.78, 5) is 0. The van der Waals surface area contributed by atoms with Gasteiger partial charge in [0.1, 0.15) is 5.01 Å². The lowest BCUT2D eigenvalue weighted by molar-refractivity contribution is 0.640. The second kappa shape index (κ2) is 4.40. The van der Waals surface area contributed by atoms with Gasteiger partial charge < -0.3 is 5.32 Å². The molecule has 0 bridgehead atoms. The van der Waals surface area contributed by atoms with Gasteiger partial charge in [-0.15, -0.1) is 10.2 Å². The number of nitrogens with zero attached hydrogens (tertiary/aromatic N) is 2. The van der Waals surface area contributed by atoms with Crippen molar-refractivity contribution >= 4 is 16.5 Å². The molecule has 0 atom stereocenters. The van der Waals surface area contributed by atoms with Gasteiger partial charge in [-0.05, 0) is 12.8 Å². The minimum absolute atomic E-state index is 0.660. The number of hydrogen-bond acceptors (Lipinski definition) is 4. The molecule has 68 valence electrons. The van der Waals surface area contributed by atoms with E-state index in [1.165, 1.54) is 0 Å². The first-order chi connectivity index (χ1) is 5.72. The highest BCUT2D eigenvalue weighted by Crippen LogP contribution is 2.17. The van der Waals surface area contributed by atoms with Crippen molar-refractivity contribution in [2.75, 3.05) is 11.9 Å². The van der Waals surface area contributed by atoms with Crippen LogP contribution in [-0.4, -0.2) is 16.7 Å². The lowest BCUT2D eigenvalue weighted by Crippen LogP contribution is -1.94. The summed E-state index contributed by atoms with van der Waals surface area (Å²) in [5.41, 5.74) is 0. The number of hydrogen-bond donors (Lipinski definition) is 1. The molecule has 0 saturated carbocycles. The van der Waals surface area contributed by atoms with Crippen molar-refractivity contribution < 1.29 is 0 Å². The Hall–Kier alpha value is -0.640. The van der Waals surface area contributed by atoms with Gasteiger partial charge in [-0.25, -0.2) is 0 Å². The second-order valence-electron chi connectivity index (χ2n) is 3.13. The predicted molar refractivity (Wildman–Crippen MR) is 52.6 cm³/mol. The fraction of sp³-hybridized carbons (Fsp3) is 0.750. The quantitative estimate of drug-likeness (QED) is 0.781. The maximum Gasteiger partial charge on any atom is 0.205 e. The van der Waals surface area contributed by atoms with Crippen LogP contribution >= 0.6 is 11.3 Å². The van der Waals surface area contributed by atoms with Crippen molar-refractivity contribution in [3.63, 3.8) is 0 Å². The van der Waals surface area contributed by atoms with Gasteiger partial charge >= 0.3 is 0 Å². The zero-order valence-electron chi connectivity index (χ0n) is 7.79. The molecule has 1 rings (SSSR count). The first kappa shape index (κ1) is 9.45. The van der Waals surface area contributed by atoms with Crippen LogP contribution in [0.3, 0.4) is 0 Å². The van der Waals surface area contributed by atoms with E-state index >= 15 is 0 Å². The van der Waals surface area contributed by atoms with Crippen molar-refractivity contribution in [2.45, 2.75) is 27.2 Å². The minimum atomic E-state index is 0.660. The van der Waals surface area contributed by atoms with E-state index in [4.69, 9.17) is 0 Å². The minimum Gasteiger partial charge on any atom is -0.360 e. The van der Waals surface area contributed by atoms with Crippen LogP contribution in [-0.2, 0) is 6.42 Å². The van der Waals surface area contributed by atoms with E-state index in [1.54, 1.807) is 11.3 Å². The molecule has 0 fully saturated rings. The fourth-order valence-corrected chi connectivity index (χ4v) is 1.93. The van der Waals surface area contributed by atoms with E-state index in [0.717, 1.165) is 23.1 Å². The van der Waals surface area contributed by atoms with Crippen molar-refractivity contribution in [1.82, 2.24) is 10.2 Å². The number of aromatic nitrogens is 2. The van der Waals surface area contributed by atoms with Crippen molar-refractivity contribution in [3.8, 4) is 0 Å². The average Bonchev–Trinajstić information content (AvgIpc) is 2.36. The molecule has 0 amide bonds. The van der Waals surface area contributed by atoms with E-state index in [0.29, 0.717) is 5.92 Å². The Morgan fingerprint density at radius 2 is 2.17 bits per heavy atom. The molecular weight excluding hydrogens is 170 g/mol. The Morgan fingerprint density at radius 1 is 1.42 bits per heavy atom. The van der Waals surface area contributed by atoms with Gasteiger partial charge in [-0.1, -0.05) is 25.2 Å². The van der Waals surface area contributed by atoms with Gasteiger partial charge in [-0.2, -0.15) is 0 Å². The van der Waals surface area contributed by atoms with Crippen molar-refractivity contribution in [1.29, 1.82) is 0 Å². The summed E-state index contributed by atoms with van der Waals surface area (Å²) in [6.45, 7) is 7.35. The summed E-state index contributed by atoms with van der Waals surface area (Å²) in [6, 6.07) is 0. The number of rotatable bonds is 4. The van der Waals surface area contributed by atoms with Gasteiger partial charge in [0.25, 0.3) is 0 Å². The summed E-state index contributed by atoms with van der Waals surface area (Å²) in [6.07, 6.45) is 1.03. The van der Waals surface area contributed by atoms with Crippen LogP contribution in [0.2, 0.25) is 0 Å².